The molecule has 0 aliphatic carbocycles. The molecular weight excluding hydrogens is 247 g/mol. The fraction of sp³-hybridized carbons (Fsp3) is 0.0909. The Morgan fingerprint density at radius 3 is 2.62 bits per heavy atom. The molecule has 16 heavy (non-hydrogen) atoms. The molecule has 0 saturated heterocycles. The lowest BCUT2D eigenvalue weighted by Crippen LogP contribution is -2.08. The summed E-state index contributed by atoms with van der Waals surface area (Å²) in [5, 5.41) is 7.43. The molecule has 0 amide bonds. The first-order valence-corrected chi connectivity index (χ1v) is 5.35. The summed E-state index contributed by atoms with van der Waals surface area (Å²) in [7, 11) is 0. The lowest BCUT2D eigenvalue weighted by Gasteiger charge is -2.06. The first-order valence-electron chi connectivity index (χ1n) is 4.59. The Kier molecular flexibility index (Phi) is 2.99. The summed E-state index contributed by atoms with van der Waals surface area (Å²) >= 11 is 11.9. The molecule has 1 heterocycles. The van der Waals surface area contributed by atoms with Crippen LogP contribution in [0.25, 0.3) is 11.3 Å². The van der Waals surface area contributed by atoms with Crippen molar-refractivity contribution in [3.63, 3.8) is 0 Å². The normalized spacial score (nSPS) is 10.4. The summed E-state index contributed by atoms with van der Waals surface area (Å²) < 4.78 is 0. The topological polar surface area (TPSA) is 45.8 Å². The molecule has 1 N–H and O–H groups in total. The Balaban J connectivity index is 2.63. The molecule has 0 unspecified atom stereocenters. The highest BCUT2D eigenvalue weighted by Crippen LogP contribution is 2.29. The van der Waals surface area contributed by atoms with Crippen LogP contribution in [0.4, 0.5) is 0 Å². The van der Waals surface area contributed by atoms with Gasteiger partial charge in [-0.1, -0.05) is 23.2 Å². The fourth-order valence-electron chi connectivity index (χ4n) is 1.45. The first kappa shape index (κ1) is 11.2. The van der Waals surface area contributed by atoms with E-state index in [0.29, 0.717) is 15.7 Å². The van der Waals surface area contributed by atoms with Gasteiger partial charge in [0.15, 0.2) is 0 Å². The van der Waals surface area contributed by atoms with Gasteiger partial charge in [0.05, 0.1) is 10.7 Å². The minimum Gasteiger partial charge on any atom is -0.268 e. The Hall–Kier alpha value is -1.32. The molecule has 3 nitrogen and oxygen atoms in total. The van der Waals surface area contributed by atoms with Crippen LogP contribution in [0.15, 0.2) is 29.1 Å². The summed E-state index contributed by atoms with van der Waals surface area (Å²) in [6, 6.07) is 6.63. The first-order chi connectivity index (χ1) is 7.58. The number of aryl methyl sites for hydroxylation is 1. The molecule has 0 saturated carbocycles. The van der Waals surface area contributed by atoms with Gasteiger partial charge < -0.3 is 0 Å². The summed E-state index contributed by atoms with van der Waals surface area (Å²) in [6.45, 7) is 1.81. The molecule has 0 aliphatic rings. The molecule has 82 valence electrons. The van der Waals surface area contributed by atoms with Gasteiger partial charge in [0.25, 0.3) is 5.56 Å². The number of nitrogens with one attached hydrogen (secondary N) is 1. The largest absolute Gasteiger partial charge is 0.268 e. The Morgan fingerprint density at radius 2 is 2.00 bits per heavy atom. The molecule has 1 aromatic heterocycles. The Bertz CT molecular complexity index is 593. The number of rotatable bonds is 1. The molecule has 0 spiro atoms. The summed E-state index contributed by atoms with van der Waals surface area (Å²) in [4.78, 5) is 11.0. The van der Waals surface area contributed by atoms with Crippen LogP contribution in [-0.4, -0.2) is 10.2 Å². The van der Waals surface area contributed by atoms with Crippen LogP contribution < -0.4 is 5.56 Å². The van der Waals surface area contributed by atoms with E-state index in [1.165, 1.54) is 6.07 Å². The van der Waals surface area contributed by atoms with Gasteiger partial charge in [0, 0.05) is 16.7 Å². The van der Waals surface area contributed by atoms with Crippen LogP contribution in [0, 0.1) is 6.92 Å². The van der Waals surface area contributed by atoms with Gasteiger partial charge in [-0.05, 0) is 30.7 Å². The van der Waals surface area contributed by atoms with Gasteiger partial charge >= 0.3 is 0 Å². The van der Waals surface area contributed by atoms with E-state index >= 15 is 0 Å². The van der Waals surface area contributed by atoms with Crippen molar-refractivity contribution in [1.29, 1.82) is 0 Å². The van der Waals surface area contributed by atoms with Crippen LogP contribution in [0.5, 0.6) is 0 Å². The van der Waals surface area contributed by atoms with Crippen molar-refractivity contribution in [3.8, 4) is 11.3 Å². The molecule has 5 heteroatoms. The van der Waals surface area contributed by atoms with Crippen molar-refractivity contribution >= 4 is 23.2 Å². The SMILES string of the molecule is Cc1cc(=O)[nH]nc1-c1ccc(Cl)cc1Cl. The Morgan fingerprint density at radius 1 is 1.25 bits per heavy atom. The van der Waals surface area contributed by atoms with Crippen LogP contribution in [0.3, 0.4) is 0 Å². The van der Waals surface area contributed by atoms with Crippen molar-refractivity contribution in [2.45, 2.75) is 6.92 Å². The second-order valence-electron chi connectivity index (χ2n) is 3.39. The molecule has 2 rings (SSSR count). The van der Waals surface area contributed by atoms with E-state index < -0.39 is 0 Å². The van der Waals surface area contributed by atoms with Gasteiger partial charge in [-0.2, -0.15) is 5.10 Å². The maximum atomic E-state index is 11.0. The van der Waals surface area contributed by atoms with E-state index in [9.17, 15) is 4.79 Å². The van der Waals surface area contributed by atoms with E-state index in [1.54, 1.807) is 18.2 Å². The predicted octanol–water partition coefficient (Wildman–Crippen LogP) is 3.05. The molecule has 1 aromatic carbocycles. The van der Waals surface area contributed by atoms with Gasteiger partial charge in [-0.25, -0.2) is 5.10 Å². The molecular formula is C11H8Cl2N2O. The highest BCUT2D eigenvalue weighted by Gasteiger charge is 2.08. The zero-order valence-corrected chi connectivity index (χ0v) is 9.93. The van der Waals surface area contributed by atoms with E-state index in [0.717, 1.165) is 11.1 Å². The van der Waals surface area contributed by atoms with Gasteiger partial charge in [0.2, 0.25) is 0 Å². The smallest absolute Gasteiger partial charge is 0.264 e. The van der Waals surface area contributed by atoms with E-state index in [-0.39, 0.29) is 5.56 Å². The number of hydrogen-bond acceptors (Lipinski definition) is 2. The quantitative estimate of drug-likeness (QED) is 0.851. The van der Waals surface area contributed by atoms with Crippen LogP contribution in [-0.2, 0) is 0 Å². The number of halogens is 2. The van der Waals surface area contributed by atoms with E-state index in [1.807, 2.05) is 6.92 Å². The zero-order chi connectivity index (χ0) is 11.7. The minimum absolute atomic E-state index is 0.230. The lowest BCUT2D eigenvalue weighted by atomic mass is 10.1. The van der Waals surface area contributed by atoms with Crippen molar-refractivity contribution < 1.29 is 0 Å². The molecule has 0 radical (unpaired) electrons. The Labute approximate surface area is 102 Å². The van der Waals surface area contributed by atoms with Crippen LogP contribution in [0.2, 0.25) is 10.0 Å². The minimum atomic E-state index is -0.230. The summed E-state index contributed by atoms with van der Waals surface area (Å²) in [6.07, 6.45) is 0. The number of nitrogens with zero attached hydrogens (tertiary/aromatic N) is 1. The average molecular weight is 255 g/mol. The number of aromatic nitrogens is 2. The molecule has 2 aromatic rings. The zero-order valence-electron chi connectivity index (χ0n) is 8.42. The highest BCUT2D eigenvalue weighted by molar-refractivity contribution is 6.36. The third-order valence-electron chi connectivity index (χ3n) is 2.19. The summed E-state index contributed by atoms with van der Waals surface area (Å²) in [5.74, 6) is 0. The maximum absolute atomic E-state index is 11.0. The van der Waals surface area contributed by atoms with Crippen molar-refractivity contribution in [3.05, 3.63) is 50.2 Å². The van der Waals surface area contributed by atoms with Crippen molar-refractivity contribution in [1.82, 2.24) is 10.2 Å². The molecule has 0 bridgehead atoms. The van der Waals surface area contributed by atoms with Gasteiger partial charge in [0.1, 0.15) is 0 Å². The molecule has 0 aliphatic heterocycles. The highest BCUT2D eigenvalue weighted by atomic mass is 35.5. The monoisotopic (exact) mass is 254 g/mol. The van der Waals surface area contributed by atoms with Crippen molar-refractivity contribution in [2.75, 3.05) is 0 Å². The summed E-state index contributed by atoms with van der Waals surface area (Å²) in [5.41, 5.74) is 1.94. The fourth-order valence-corrected chi connectivity index (χ4v) is 1.95. The van der Waals surface area contributed by atoms with E-state index in [2.05, 4.69) is 10.2 Å². The maximum Gasteiger partial charge on any atom is 0.264 e. The average Bonchev–Trinajstić information content (AvgIpc) is 2.19. The third kappa shape index (κ3) is 2.10. The third-order valence-corrected chi connectivity index (χ3v) is 2.73. The van der Waals surface area contributed by atoms with Crippen LogP contribution in [0.1, 0.15) is 5.56 Å². The number of hydrogen-bond donors (Lipinski definition) is 1. The lowest BCUT2D eigenvalue weighted by molar-refractivity contribution is 0.981. The second-order valence-corrected chi connectivity index (χ2v) is 4.23. The van der Waals surface area contributed by atoms with E-state index in [4.69, 9.17) is 23.2 Å². The number of benzene rings is 1. The predicted molar refractivity (Wildman–Crippen MR) is 65.1 cm³/mol. The number of aromatic amines is 1. The van der Waals surface area contributed by atoms with Gasteiger partial charge in [-0.15, -0.1) is 0 Å². The standard InChI is InChI=1S/C11H8Cl2N2O/c1-6-4-10(16)14-15-11(6)8-3-2-7(12)5-9(8)13/h2-5H,1H3,(H,14,16). The molecule has 0 fully saturated rings. The molecule has 0 atom stereocenters. The van der Waals surface area contributed by atoms with Gasteiger partial charge in [-0.3, -0.25) is 4.79 Å². The van der Waals surface area contributed by atoms with Crippen molar-refractivity contribution in [2.24, 2.45) is 0 Å². The number of H-pyrrole nitrogens is 1. The van der Waals surface area contributed by atoms with Crippen LogP contribution >= 0.6 is 23.2 Å². The second kappa shape index (κ2) is 4.28.